The average molecular weight is 502 g/mol. The van der Waals surface area contributed by atoms with Gasteiger partial charge in [0, 0.05) is 5.69 Å². The molecule has 0 aliphatic carbocycles. The predicted octanol–water partition coefficient (Wildman–Crippen LogP) is 6.80. The maximum absolute atomic E-state index is 12.6. The monoisotopic (exact) mass is 501 g/mol. The van der Waals surface area contributed by atoms with Gasteiger partial charge in [-0.1, -0.05) is 24.3 Å². The van der Waals surface area contributed by atoms with Gasteiger partial charge in [-0.25, -0.2) is 0 Å². The van der Waals surface area contributed by atoms with E-state index in [-0.39, 0.29) is 18.3 Å². The largest absolute Gasteiger partial charge is 0.490 e. The Morgan fingerprint density at radius 1 is 0.757 bits per heavy atom. The van der Waals surface area contributed by atoms with Crippen LogP contribution in [0.1, 0.15) is 41.3 Å². The number of benzene rings is 3. The van der Waals surface area contributed by atoms with Crippen LogP contribution < -0.4 is 24.3 Å². The summed E-state index contributed by atoms with van der Waals surface area (Å²) in [4.78, 5) is 12.6. The lowest BCUT2D eigenvalue weighted by Gasteiger charge is -2.13. The first-order chi connectivity index (χ1) is 18.1. The number of hydrogen-bond acceptors (Lipinski definition) is 6. The number of furan rings is 1. The minimum atomic E-state index is -0.339. The van der Waals surface area contributed by atoms with Crippen molar-refractivity contribution in [2.75, 3.05) is 18.5 Å². The van der Waals surface area contributed by atoms with E-state index >= 15 is 0 Å². The number of para-hydroxylation sites is 1. The summed E-state index contributed by atoms with van der Waals surface area (Å²) in [6, 6.07) is 24.0. The van der Waals surface area contributed by atoms with Crippen LogP contribution in [0.2, 0.25) is 0 Å². The second-order valence-electron chi connectivity index (χ2n) is 8.23. The van der Waals surface area contributed by atoms with Crippen molar-refractivity contribution in [1.82, 2.24) is 0 Å². The van der Waals surface area contributed by atoms with E-state index < -0.39 is 0 Å². The third kappa shape index (κ3) is 7.07. The Bertz CT molecular complexity index is 1310. The molecule has 37 heavy (non-hydrogen) atoms. The van der Waals surface area contributed by atoms with E-state index in [9.17, 15) is 4.79 Å². The Labute approximate surface area is 216 Å². The molecule has 7 nitrogen and oxygen atoms in total. The molecule has 0 saturated heterocycles. The molecule has 0 saturated carbocycles. The van der Waals surface area contributed by atoms with Gasteiger partial charge < -0.3 is 28.7 Å². The van der Waals surface area contributed by atoms with E-state index in [1.54, 1.807) is 36.4 Å². The molecule has 0 aliphatic rings. The van der Waals surface area contributed by atoms with Crippen molar-refractivity contribution in [3.05, 3.63) is 102 Å². The summed E-state index contributed by atoms with van der Waals surface area (Å²) < 4.78 is 28.6. The Kier molecular flexibility index (Phi) is 8.70. The lowest BCUT2D eigenvalue weighted by molar-refractivity contribution is 0.0992. The number of nitrogens with one attached hydrogen (secondary N) is 1. The number of rotatable bonds is 12. The van der Waals surface area contributed by atoms with Crippen LogP contribution >= 0.6 is 0 Å². The second kappa shape index (κ2) is 12.5. The summed E-state index contributed by atoms with van der Waals surface area (Å²) in [5.74, 6) is 3.32. The van der Waals surface area contributed by atoms with Crippen molar-refractivity contribution < 1.29 is 28.2 Å². The van der Waals surface area contributed by atoms with E-state index in [1.165, 1.54) is 0 Å². The van der Waals surface area contributed by atoms with E-state index in [2.05, 4.69) is 5.32 Å². The predicted molar refractivity (Wildman–Crippen MR) is 142 cm³/mol. The topological polar surface area (TPSA) is 79.2 Å². The highest BCUT2D eigenvalue weighted by molar-refractivity contribution is 6.02. The molecule has 4 rings (SSSR count). The number of anilines is 1. The van der Waals surface area contributed by atoms with Crippen molar-refractivity contribution in [2.24, 2.45) is 0 Å². The molecule has 1 aromatic heterocycles. The molecule has 0 fully saturated rings. The molecule has 0 aliphatic heterocycles. The lowest BCUT2D eigenvalue weighted by atomic mass is 10.2. The van der Waals surface area contributed by atoms with Gasteiger partial charge in [0.2, 0.25) is 0 Å². The maximum Gasteiger partial charge on any atom is 0.291 e. The Morgan fingerprint density at radius 2 is 1.51 bits per heavy atom. The smallest absolute Gasteiger partial charge is 0.291 e. The van der Waals surface area contributed by atoms with Crippen LogP contribution in [0.25, 0.3) is 0 Å². The SMILES string of the molecule is CCOc1ccc(COc2ccc(NC(=O)c3ccc(COc4ccccc4C)o3)cc2)cc1OCC. The second-order valence-corrected chi connectivity index (χ2v) is 8.23. The minimum absolute atomic E-state index is 0.212. The number of aryl methyl sites for hydroxylation is 1. The summed E-state index contributed by atoms with van der Waals surface area (Å²) in [5, 5.41) is 2.84. The van der Waals surface area contributed by atoms with E-state index in [1.807, 2.05) is 63.2 Å². The van der Waals surface area contributed by atoms with Gasteiger partial charge in [-0.05, 0) is 86.5 Å². The van der Waals surface area contributed by atoms with Crippen LogP contribution in [0.5, 0.6) is 23.0 Å². The fraction of sp³-hybridized carbons (Fsp3) is 0.233. The molecule has 0 bridgehead atoms. The van der Waals surface area contributed by atoms with Crippen molar-refractivity contribution in [2.45, 2.75) is 34.0 Å². The minimum Gasteiger partial charge on any atom is -0.490 e. The standard InChI is InChI=1S/C30H31NO6/c1-4-33-27-16-10-22(18-29(27)34-5-2)19-35-24-13-11-23(12-14-24)31-30(32)28-17-15-25(37-28)20-36-26-9-7-6-8-21(26)3/h6-18H,4-5,19-20H2,1-3H3,(H,31,32). The highest BCUT2D eigenvalue weighted by Gasteiger charge is 2.13. The summed E-state index contributed by atoms with van der Waals surface area (Å²) in [6.45, 7) is 7.59. The third-order valence-corrected chi connectivity index (χ3v) is 5.47. The number of amides is 1. The Morgan fingerprint density at radius 3 is 2.27 bits per heavy atom. The van der Waals surface area contributed by atoms with E-state index in [0.717, 1.165) is 22.6 Å². The maximum atomic E-state index is 12.6. The number of carbonyl (C=O) groups excluding carboxylic acids is 1. The first kappa shape index (κ1) is 25.7. The van der Waals surface area contributed by atoms with Crippen LogP contribution in [0, 0.1) is 6.92 Å². The van der Waals surface area contributed by atoms with Gasteiger partial charge in [0.15, 0.2) is 17.3 Å². The van der Waals surface area contributed by atoms with Crippen molar-refractivity contribution in [1.29, 1.82) is 0 Å². The molecule has 1 heterocycles. The van der Waals surface area contributed by atoms with Crippen molar-refractivity contribution in [3.63, 3.8) is 0 Å². The van der Waals surface area contributed by atoms with Crippen LogP contribution in [-0.4, -0.2) is 19.1 Å². The van der Waals surface area contributed by atoms with Gasteiger partial charge in [0.05, 0.1) is 13.2 Å². The zero-order chi connectivity index (χ0) is 26.0. The molecule has 1 amide bonds. The molecule has 0 spiro atoms. The van der Waals surface area contributed by atoms with E-state index in [4.69, 9.17) is 23.4 Å². The quantitative estimate of drug-likeness (QED) is 0.230. The van der Waals surface area contributed by atoms with Crippen LogP contribution in [0.3, 0.4) is 0 Å². The average Bonchev–Trinajstić information content (AvgIpc) is 3.39. The van der Waals surface area contributed by atoms with Gasteiger partial charge in [-0.15, -0.1) is 0 Å². The van der Waals surface area contributed by atoms with Gasteiger partial charge in [0.1, 0.15) is 30.5 Å². The number of carbonyl (C=O) groups is 1. The van der Waals surface area contributed by atoms with E-state index in [0.29, 0.717) is 42.8 Å². The fourth-order valence-corrected chi connectivity index (χ4v) is 3.62. The molecule has 4 aromatic rings. The first-order valence-electron chi connectivity index (χ1n) is 12.3. The summed E-state index contributed by atoms with van der Waals surface area (Å²) in [6.07, 6.45) is 0. The fourth-order valence-electron chi connectivity index (χ4n) is 3.62. The molecule has 192 valence electrons. The molecular formula is C30H31NO6. The summed E-state index contributed by atoms with van der Waals surface area (Å²) >= 11 is 0. The molecule has 1 N–H and O–H groups in total. The zero-order valence-electron chi connectivity index (χ0n) is 21.3. The molecule has 7 heteroatoms. The zero-order valence-corrected chi connectivity index (χ0v) is 21.3. The Hall–Kier alpha value is -4.39. The molecule has 3 aromatic carbocycles. The number of ether oxygens (including phenoxy) is 4. The van der Waals surface area contributed by atoms with Gasteiger partial charge in [0.25, 0.3) is 5.91 Å². The lowest BCUT2D eigenvalue weighted by Crippen LogP contribution is -2.10. The van der Waals surface area contributed by atoms with Gasteiger partial charge in [-0.3, -0.25) is 4.79 Å². The molecule has 0 atom stereocenters. The Balaban J connectivity index is 1.29. The number of hydrogen-bond donors (Lipinski definition) is 1. The van der Waals surface area contributed by atoms with Gasteiger partial charge >= 0.3 is 0 Å². The summed E-state index contributed by atoms with van der Waals surface area (Å²) in [7, 11) is 0. The molecule has 0 radical (unpaired) electrons. The van der Waals surface area contributed by atoms with Crippen molar-refractivity contribution in [3.8, 4) is 23.0 Å². The third-order valence-electron chi connectivity index (χ3n) is 5.47. The van der Waals surface area contributed by atoms with Crippen molar-refractivity contribution >= 4 is 11.6 Å². The van der Waals surface area contributed by atoms with Crippen LogP contribution in [-0.2, 0) is 13.2 Å². The van der Waals surface area contributed by atoms with Crippen LogP contribution in [0.15, 0.2) is 83.3 Å². The normalized spacial score (nSPS) is 10.6. The highest BCUT2D eigenvalue weighted by Crippen LogP contribution is 2.29. The highest BCUT2D eigenvalue weighted by atomic mass is 16.5. The molecular weight excluding hydrogens is 470 g/mol. The summed E-state index contributed by atoms with van der Waals surface area (Å²) in [5.41, 5.74) is 2.63. The first-order valence-corrected chi connectivity index (χ1v) is 12.3. The molecule has 0 unspecified atom stereocenters. The van der Waals surface area contributed by atoms with Crippen LogP contribution in [0.4, 0.5) is 5.69 Å². The van der Waals surface area contributed by atoms with Gasteiger partial charge in [-0.2, -0.15) is 0 Å².